The predicted octanol–water partition coefficient (Wildman–Crippen LogP) is 1.67. The molecule has 0 saturated carbocycles. The van der Waals surface area contributed by atoms with Crippen LogP contribution in [0.5, 0.6) is 0 Å². The SMILES string of the molecule is C#CC(C)(O)CSCC(F)(F)F. The fraction of sp³-hybridized carbons (Fsp3) is 0.714. The maximum absolute atomic E-state index is 11.6. The second-order valence-corrected chi connectivity index (χ2v) is 3.51. The highest BCUT2D eigenvalue weighted by Gasteiger charge is 2.28. The third kappa shape index (κ3) is 6.38. The van der Waals surface area contributed by atoms with Gasteiger partial charge in [-0.15, -0.1) is 18.2 Å². The molecule has 0 aliphatic rings. The van der Waals surface area contributed by atoms with Gasteiger partial charge in [-0.25, -0.2) is 0 Å². The van der Waals surface area contributed by atoms with Gasteiger partial charge in [0.15, 0.2) is 0 Å². The molecule has 0 spiro atoms. The Morgan fingerprint density at radius 3 is 2.25 bits per heavy atom. The van der Waals surface area contributed by atoms with Gasteiger partial charge < -0.3 is 5.11 Å². The number of halogens is 3. The number of terminal acetylenes is 1. The monoisotopic (exact) mass is 198 g/mol. The van der Waals surface area contributed by atoms with Crippen molar-refractivity contribution in [2.45, 2.75) is 18.7 Å². The van der Waals surface area contributed by atoms with Gasteiger partial charge >= 0.3 is 6.18 Å². The van der Waals surface area contributed by atoms with E-state index in [0.29, 0.717) is 11.8 Å². The molecule has 5 heteroatoms. The first-order chi connectivity index (χ1) is 5.27. The minimum atomic E-state index is -4.20. The van der Waals surface area contributed by atoms with Crippen LogP contribution in [0.15, 0.2) is 0 Å². The van der Waals surface area contributed by atoms with Crippen LogP contribution in [0, 0.1) is 12.3 Å². The third-order valence-electron chi connectivity index (χ3n) is 0.960. The standard InChI is InChI=1S/C7H9F3OS/c1-3-6(2,11)4-12-5-7(8,9)10/h1,11H,4-5H2,2H3. The average Bonchev–Trinajstić information content (AvgIpc) is 1.84. The topological polar surface area (TPSA) is 20.2 Å². The highest BCUT2D eigenvalue weighted by Crippen LogP contribution is 2.23. The lowest BCUT2D eigenvalue weighted by atomic mass is 10.2. The van der Waals surface area contributed by atoms with Crippen LogP contribution in [-0.4, -0.2) is 28.4 Å². The van der Waals surface area contributed by atoms with Crippen molar-refractivity contribution in [3.8, 4) is 12.3 Å². The number of aliphatic hydroxyl groups is 1. The van der Waals surface area contributed by atoms with Crippen molar-refractivity contribution in [2.75, 3.05) is 11.5 Å². The van der Waals surface area contributed by atoms with Crippen LogP contribution >= 0.6 is 11.8 Å². The van der Waals surface area contributed by atoms with Gasteiger partial charge in [0.25, 0.3) is 0 Å². The lowest BCUT2D eigenvalue weighted by Gasteiger charge is -2.15. The lowest BCUT2D eigenvalue weighted by molar-refractivity contribution is -0.105. The maximum Gasteiger partial charge on any atom is 0.397 e. The van der Waals surface area contributed by atoms with Crippen LogP contribution < -0.4 is 0 Å². The molecule has 0 saturated heterocycles. The van der Waals surface area contributed by atoms with E-state index in [1.54, 1.807) is 0 Å². The molecule has 70 valence electrons. The van der Waals surface area contributed by atoms with E-state index >= 15 is 0 Å². The van der Waals surface area contributed by atoms with Crippen LogP contribution in [0.25, 0.3) is 0 Å². The van der Waals surface area contributed by atoms with Crippen molar-refractivity contribution >= 4 is 11.8 Å². The van der Waals surface area contributed by atoms with E-state index in [1.165, 1.54) is 6.92 Å². The van der Waals surface area contributed by atoms with E-state index in [-0.39, 0.29) is 5.75 Å². The minimum absolute atomic E-state index is 0.108. The number of rotatable bonds is 3. The molecule has 0 radical (unpaired) electrons. The van der Waals surface area contributed by atoms with Crippen LogP contribution in [-0.2, 0) is 0 Å². The first-order valence-corrected chi connectivity index (χ1v) is 4.27. The van der Waals surface area contributed by atoms with Gasteiger partial charge in [-0.2, -0.15) is 13.2 Å². The summed E-state index contributed by atoms with van der Waals surface area (Å²) in [5.74, 6) is 0.905. The molecule has 0 rings (SSSR count). The Morgan fingerprint density at radius 2 is 1.92 bits per heavy atom. The molecule has 0 amide bonds. The third-order valence-corrected chi connectivity index (χ3v) is 2.26. The van der Waals surface area contributed by atoms with Gasteiger partial charge in [0.2, 0.25) is 0 Å². The van der Waals surface area contributed by atoms with Crippen molar-refractivity contribution in [3.63, 3.8) is 0 Å². The van der Waals surface area contributed by atoms with Gasteiger partial charge in [0.05, 0.1) is 5.75 Å². The molecule has 0 fully saturated rings. The van der Waals surface area contributed by atoms with E-state index < -0.39 is 17.5 Å². The molecule has 0 aromatic rings. The summed E-state index contributed by atoms with van der Waals surface area (Å²) < 4.78 is 34.7. The number of hydrogen-bond acceptors (Lipinski definition) is 2. The van der Waals surface area contributed by atoms with Crippen LogP contribution in [0.1, 0.15) is 6.92 Å². The van der Waals surface area contributed by atoms with Gasteiger partial charge in [0, 0.05) is 5.75 Å². The minimum Gasteiger partial charge on any atom is -0.377 e. The fourth-order valence-electron chi connectivity index (χ4n) is 0.407. The van der Waals surface area contributed by atoms with Crippen molar-refractivity contribution in [2.24, 2.45) is 0 Å². The van der Waals surface area contributed by atoms with E-state index in [4.69, 9.17) is 11.5 Å². The summed E-state index contributed by atoms with van der Waals surface area (Å²) in [5, 5.41) is 9.10. The molecular weight excluding hydrogens is 189 g/mol. The summed E-state index contributed by atoms with van der Waals surface area (Å²) in [5.41, 5.74) is -1.45. The van der Waals surface area contributed by atoms with Gasteiger partial charge in [-0.3, -0.25) is 0 Å². The van der Waals surface area contributed by atoms with Crippen LogP contribution in [0.2, 0.25) is 0 Å². The van der Waals surface area contributed by atoms with E-state index in [1.807, 2.05) is 5.92 Å². The largest absolute Gasteiger partial charge is 0.397 e. The number of thioether (sulfide) groups is 1. The molecule has 0 aliphatic carbocycles. The van der Waals surface area contributed by atoms with E-state index in [2.05, 4.69) is 0 Å². The maximum atomic E-state index is 11.6. The quantitative estimate of drug-likeness (QED) is 0.696. The molecule has 1 nitrogen and oxygen atoms in total. The van der Waals surface area contributed by atoms with Crippen molar-refractivity contribution in [1.29, 1.82) is 0 Å². The van der Waals surface area contributed by atoms with E-state index in [0.717, 1.165) is 0 Å². The summed E-state index contributed by atoms with van der Waals surface area (Å²) in [7, 11) is 0. The van der Waals surface area contributed by atoms with Crippen LogP contribution in [0.4, 0.5) is 13.2 Å². The van der Waals surface area contributed by atoms with Crippen molar-refractivity contribution < 1.29 is 18.3 Å². The zero-order valence-corrected chi connectivity index (χ0v) is 7.30. The molecule has 1 unspecified atom stereocenters. The number of alkyl halides is 3. The smallest absolute Gasteiger partial charge is 0.377 e. The second-order valence-electron chi connectivity index (χ2n) is 2.53. The average molecular weight is 198 g/mol. The Hall–Kier alpha value is -0.340. The summed E-state index contributed by atoms with van der Waals surface area (Å²) in [6.07, 6.45) is 0.662. The molecular formula is C7H9F3OS. The Morgan fingerprint density at radius 1 is 1.42 bits per heavy atom. The zero-order chi connectivity index (χ0) is 9.83. The Bertz CT molecular complexity index is 180. The van der Waals surface area contributed by atoms with Crippen LogP contribution in [0.3, 0.4) is 0 Å². The Balaban J connectivity index is 3.66. The van der Waals surface area contributed by atoms with E-state index in [9.17, 15) is 13.2 Å². The molecule has 0 aliphatic heterocycles. The molecule has 0 aromatic carbocycles. The predicted molar refractivity (Wildman–Crippen MR) is 42.8 cm³/mol. The van der Waals surface area contributed by atoms with Crippen molar-refractivity contribution in [3.05, 3.63) is 0 Å². The van der Waals surface area contributed by atoms with Gasteiger partial charge in [0.1, 0.15) is 5.60 Å². The summed E-state index contributed by atoms with van der Waals surface area (Å²) in [4.78, 5) is 0. The summed E-state index contributed by atoms with van der Waals surface area (Å²) >= 11 is 0.574. The molecule has 1 atom stereocenters. The Kier molecular flexibility index (Phi) is 3.94. The van der Waals surface area contributed by atoms with Crippen molar-refractivity contribution in [1.82, 2.24) is 0 Å². The molecule has 1 N–H and O–H groups in total. The Labute approximate surface area is 73.3 Å². The first-order valence-electron chi connectivity index (χ1n) is 3.11. The first kappa shape index (κ1) is 11.7. The zero-order valence-electron chi connectivity index (χ0n) is 6.48. The molecule has 0 bridgehead atoms. The molecule has 0 heterocycles. The van der Waals surface area contributed by atoms with Gasteiger partial charge in [-0.05, 0) is 6.92 Å². The van der Waals surface area contributed by atoms with Gasteiger partial charge in [-0.1, -0.05) is 5.92 Å². The summed E-state index contributed by atoms with van der Waals surface area (Å²) in [6.45, 7) is 1.30. The lowest BCUT2D eigenvalue weighted by Crippen LogP contribution is -2.26. The normalized spacial score (nSPS) is 16.7. The number of hydrogen-bond donors (Lipinski definition) is 1. The fourth-order valence-corrected chi connectivity index (χ4v) is 1.22. The molecule has 12 heavy (non-hydrogen) atoms. The highest BCUT2D eigenvalue weighted by molar-refractivity contribution is 7.99. The second kappa shape index (κ2) is 4.06. The molecule has 0 aromatic heterocycles. The summed E-state index contributed by atoms with van der Waals surface area (Å²) in [6, 6.07) is 0. The highest BCUT2D eigenvalue weighted by atomic mass is 32.2.